The number of rotatable bonds is 14. The zero-order chi connectivity index (χ0) is 44.3. The number of likely N-dealkylation sites (tertiary alicyclic amines) is 1. The summed E-state index contributed by atoms with van der Waals surface area (Å²) in [5.74, 6) is -0.391. The number of amides is 3. The van der Waals surface area contributed by atoms with Gasteiger partial charge in [0.1, 0.15) is 23.2 Å². The quantitative estimate of drug-likeness (QED) is 0.0740. The van der Waals surface area contributed by atoms with E-state index < -0.39 is 11.8 Å². The van der Waals surface area contributed by atoms with Crippen molar-refractivity contribution >= 4 is 58.0 Å². The van der Waals surface area contributed by atoms with Gasteiger partial charge in [0.05, 0.1) is 46.7 Å². The second-order valence-electron chi connectivity index (χ2n) is 16.7. The highest BCUT2D eigenvalue weighted by Gasteiger charge is 2.45. The number of nitrogens with one attached hydrogen (secondary N) is 2. The first-order chi connectivity index (χ1) is 30.5. The van der Waals surface area contributed by atoms with Crippen molar-refractivity contribution in [2.75, 3.05) is 56.1 Å². The summed E-state index contributed by atoms with van der Waals surface area (Å²) in [6.07, 6.45) is 9.12. The summed E-state index contributed by atoms with van der Waals surface area (Å²) < 4.78 is 50.0. The Morgan fingerprint density at radius 1 is 1.10 bits per heavy atom. The average molecular weight is 883 g/mol. The van der Waals surface area contributed by atoms with Crippen LogP contribution >= 0.6 is 12.1 Å². The number of benzene rings is 3. The number of aliphatic hydroxyl groups is 1. The Hall–Kier alpha value is -5.45. The summed E-state index contributed by atoms with van der Waals surface area (Å²) in [6, 6.07) is 13.1. The molecule has 2 saturated heterocycles. The van der Waals surface area contributed by atoms with Crippen LogP contribution < -0.4 is 19.7 Å². The molecule has 1 spiro atoms. The van der Waals surface area contributed by atoms with Crippen LogP contribution in [0.5, 0.6) is 11.5 Å². The van der Waals surface area contributed by atoms with Gasteiger partial charge in [-0.1, -0.05) is 6.92 Å². The summed E-state index contributed by atoms with van der Waals surface area (Å²) >= 11 is 1.17. The number of imide groups is 1. The Balaban J connectivity index is 0.876. The maximum absolute atomic E-state index is 15.9. The largest absolute Gasteiger partial charge is 0.453 e. The summed E-state index contributed by atoms with van der Waals surface area (Å²) in [5, 5.41) is 26.4. The number of ether oxygens (including phenoxy) is 2. The van der Waals surface area contributed by atoms with Crippen molar-refractivity contribution in [1.82, 2.24) is 34.3 Å². The van der Waals surface area contributed by atoms with Crippen LogP contribution in [0.3, 0.4) is 0 Å². The van der Waals surface area contributed by atoms with Crippen LogP contribution in [-0.2, 0) is 16.6 Å². The smallest absolute Gasteiger partial charge is 0.329 e. The van der Waals surface area contributed by atoms with E-state index in [1.807, 2.05) is 13.0 Å². The number of fused-ring (bicyclic) bond motifs is 2. The molecule has 2 aliphatic heterocycles. The van der Waals surface area contributed by atoms with Gasteiger partial charge in [0.15, 0.2) is 17.4 Å². The van der Waals surface area contributed by atoms with E-state index in [9.17, 15) is 20.0 Å². The van der Waals surface area contributed by atoms with Crippen LogP contribution in [0.1, 0.15) is 86.9 Å². The van der Waals surface area contributed by atoms with Gasteiger partial charge in [-0.3, -0.25) is 24.7 Å². The fourth-order valence-corrected chi connectivity index (χ4v) is 10.0. The molecule has 1 aliphatic carbocycles. The minimum Gasteiger partial charge on any atom is -0.453 e. The lowest BCUT2D eigenvalue weighted by Crippen LogP contribution is -2.48. The molecule has 63 heavy (non-hydrogen) atoms. The number of urea groups is 1. The van der Waals surface area contributed by atoms with Gasteiger partial charge < -0.3 is 24.2 Å². The second-order valence-corrected chi connectivity index (χ2v) is 17.7. The highest BCUT2D eigenvalue weighted by molar-refractivity contribution is 7.98. The average Bonchev–Trinajstić information content (AvgIpc) is 3.85. The monoisotopic (exact) mass is 882 g/mol. The zero-order valence-electron chi connectivity index (χ0n) is 35.6. The molecule has 3 aliphatic rings. The van der Waals surface area contributed by atoms with Crippen LogP contribution in [-0.4, -0.2) is 105 Å². The van der Waals surface area contributed by atoms with E-state index in [4.69, 9.17) is 14.5 Å². The number of hydrogen-bond donors (Lipinski definition) is 3. The molecule has 15 nitrogen and oxygen atoms in total. The molecular formula is C45H52F2N10O5S. The van der Waals surface area contributed by atoms with Gasteiger partial charge in [-0.15, -0.1) is 0 Å². The highest BCUT2D eigenvalue weighted by atomic mass is 32.2. The third kappa shape index (κ3) is 9.30. The van der Waals surface area contributed by atoms with Crippen molar-refractivity contribution < 1.29 is 33.0 Å². The third-order valence-corrected chi connectivity index (χ3v) is 13.6. The Morgan fingerprint density at radius 3 is 2.62 bits per heavy atom. The number of hydrogen-bond acceptors (Lipinski definition) is 13. The fourth-order valence-electron chi connectivity index (χ4n) is 9.42. The van der Waals surface area contributed by atoms with E-state index in [1.54, 1.807) is 47.5 Å². The standard InChI is InChI=1S/C45H52F2N10O5S/c1-4-15-57(44(60)50-27-59)43-33-21-36(47)32(22-41(33)55(3)52-43)28-5-7-30(8-6-28)56-16-13-45(14-17-56)23-29(26-61-45)40-25-49-38-11-9-31(20-39(38)51-40)62-42-34(24-48)37(12-10-35(42)46)53-63-54(2)18-19-58/h9-12,20-22,25,27-30,53,58H,4-8,13-19,23,26H2,1-3H3,(H,50,59,60). The number of aliphatic hydroxyl groups excluding tert-OH is 1. The number of anilines is 2. The summed E-state index contributed by atoms with van der Waals surface area (Å²) in [6.45, 7) is 5.01. The molecule has 4 heterocycles. The van der Waals surface area contributed by atoms with Crippen LogP contribution in [0, 0.1) is 23.0 Å². The molecule has 2 aromatic heterocycles. The first-order valence-corrected chi connectivity index (χ1v) is 22.3. The van der Waals surface area contributed by atoms with Crippen molar-refractivity contribution in [3.63, 3.8) is 0 Å². The molecule has 1 unspecified atom stereocenters. The van der Waals surface area contributed by atoms with E-state index in [2.05, 4.69) is 31.1 Å². The van der Waals surface area contributed by atoms with Crippen LogP contribution in [0.15, 0.2) is 48.7 Å². The predicted molar refractivity (Wildman–Crippen MR) is 236 cm³/mol. The van der Waals surface area contributed by atoms with Gasteiger partial charge in [0.2, 0.25) is 6.41 Å². The number of carbonyl (C=O) groups is 2. The Bertz CT molecular complexity index is 2520. The Morgan fingerprint density at radius 2 is 1.89 bits per heavy atom. The number of piperidine rings is 1. The summed E-state index contributed by atoms with van der Waals surface area (Å²) in [7, 11) is 3.56. The molecule has 0 radical (unpaired) electrons. The normalized spacial score (nSPS) is 20.0. The molecule has 8 rings (SSSR count). The minimum absolute atomic E-state index is 0.0127. The van der Waals surface area contributed by atoms with Crippen molar-refractivity contribution in [2.45, 2.75) is 81.8 Å². The third-order valence-electron chi connectivity index (χ3n) is 12.8. The van der Waals surface area contributed by atoms with Crippen LogP contribution in [0.25, 0.3) is 21.9 Å². The molecule has 1 atom stereocenters. The molecule has 3 fully saturated rings. The second kappa shape index (κ2) is 19.1. The summed E-state index contributed by atoms with van der Waals surface area (Å²) in [4.78, 5) is 37.3. The minimum atomic E-state index is -0.676. The number of aryl methyl sites for hydroxylation is 1. The number of likely N-dealkylation sites (N-methyl/N-ethyl adjacent to an activating group) is 1. The first-order valence-electron chi connectivity index (χ1n) is 21.5. The number of carbonyl (C=O) groups excluding carboxylic acids is 2. The molecule has 0 bridgehead atoms. The van der Waals surface area contributed by atoms with Crippen LogP contribution in [0.4, 0.5) is 25.1 Å². The lowest BCUT2D eigenvalue weighted by Gasteiger charge is -2.44. The Kier molecular flexibility index (Phi) is 13.4. The molecular weight excluding hydrogens is 831 g/mol. The topological polar surface area (TPSA) is 174 Å². The maximum Gasteiger partial charge on any atom is 0.329 e. The van der Waals surface area contributed by atoms with Gasteiger partial charge in [0.25, 0.3) is 0 Å². The number of aromatic nitrogens is 4. The molecule has 3 amide bonds. The van der Waals surface area contributed by atoms with E-state index in [-0.39, 0.29) is 41.2 Å². The van der Waals surface area contributed by atoms with Crippen molar-refractivity contribution in [3.8, 4) is 17.6 Å². The van der Waals surface area contributed by atoms with E-state index in [1.165, 1.54) is 35.2 Å². The van der Waals surface area contributed by atoms with Gasteiger partial charge >= 0.3 is 6.03 Å². The molecule has 5 aromatic rings. The van der Waals surface area contributed by atoms with Crippen molar-refractivity contribution in [3.05, 3.63) is 77.1 Å². The van der Waals surface area contributed by atoms with E-state index in [0.717, 1.165) is 69.2 Å². The molecule has 3 N–H and O–H groups in total. The Labute approximate surface area is 369 Å². The lowest BCUT2D eigenvalue weighted by molar-refractivity contribution is -0.108. The highest BCUT2D eigenvalue weighted by Crippen LogP contribution is 2.45. The van der Waals surface area contributed by atoms with Gasteiger partial charge in [-0.05, 0) is 106 Å². The first kappa shape index (κ1) is 44.2. The predicted octanol–water partition coefficient (Wildman–Crippen LogP) is 7.51. The van der Waals surface area contributed by atoms with Crippen molar-refractivity contribution in [1.29, 1.82) is 5.26 Å². The number of halogens is 2. The SMILES string of the molecule is CCCN(C(=O)NC=O)c1nn(C)c2cc(C3CCC(N4CCC5(CC4)CC(c4cnc6ccc(Oc7c(F)ccc(NSN(C)CCO)c7C#N)cc6n4)CO5)CC3)c(F)cc12. The van der Waals surface area contributed by atoms with Gasteiger partial charge in [0, 0.05) is 75.0 Å². The lowest BCUT2D eigenvalue weighted by atomic mass is 9.79. The van der Waals surface area contributed by atoms with Crippen molar-refractivity contribution in [2.24, 2.45) is 7.05 Å². The van der Waals surface area contributed by atoms with Crippen LogP contribution in [0.2, 0.25) is 0 Å². The van der Waals surface area contributed by atoms with Gasteiger partial charge in [-0.25, -0.2) is 22.9 Å². The molecule has 1 saturated carbocycles. The van der Waals surface area contributed by atoms with E-state index in [0.29, 0.717) is 77.8 Å². The maximum atomic E-state index is 15.9. The fraction of sp³-hybridized carbons (Fsp3) is 0.467. The number of nitrogens with zero attached hydrogens (tertiary/aromatic N) is 8. The molecule has 18 heteroatoms. The van der Waals surface area contributed by atoms with E-state index >= 15 is 8.78 Å². The van der Waals surface area contributed by atoms with Gasteiger partial charge in [-0.2, -0.15) is 10.4 Å². The zero-order valence-corrected chi connectivity index (χ0v) is 36.5. The number of nitriles is 1. The molecule has 332 valence electrons. The molecule has 3 aromatic carbocycles. The summed E-state index contributed by atoms with van der Waals surface area (Å²) in [5.41, 5.74) is 3.65.